The molecule has 0 saturated carbocycles. The van der Waals surface area contributed by atoms with Gasteiger partial charge in [-0.25, -0.2) is 5.06 Å². The van der Waals surface area contributed by atoms with Crippen LogP contribution in [0, 0.1) is 5.92 Å². The molecule has 0 amide bonds. The number of rotatable bonds is 7. The van der Waals surface area contributed by atoms with Crippen molar-refractivity contribution in [1.29, 1.82) is 0 Å². The van der Waals surface area contributed by atoms with Gasteiger partial charge in [0.05, 0.1) is 12.5 Å². The molecule has 3 N–H and O–H groups in total. The molecule has 0 aromatic carbocycles. The maximum atomic E-state index is 10.8. The van der Waals surface area contributed by atoms with Gasteiger partial charge in [-0.15, -0.1) is 0 Å². The summed E-state index contributed by atoms with van der Waals surface area (Å²) in [5, 5.41) is 27.3. The Morgan fingerprint density at radius 2 is 1.94 bits per heavy atom. The largest absolute Gasteiger partial charge is 0.481 e. The quantitative estimate of drug-likeness (QED) is 0.457. The van der Waals surface area contributed by atoms with Crippen LogP contribution in [0.2, 0.25) is 0 Å². The Labute approximate surface area is 98.4 Å². The van der Waals surface area contributed by atoms with E-state index in [2.05, 4.69) is 0 Å². The molecule has 6 nitrogen and oxygen atoms in total. The maximum absolute atomic E-state index is 10.8. The summed E-state index contributed by atoms with van der Waals surface area (Å²) in [7, 11) is 0. The van der Waals surface area contributed by atoms with Crippen LogP contribution in [-0.2, 0) is 9.59 Å². The van der Waals surface area contributed by atoms with Crippen molar-refractivity contribution < 1.29 is 25.0 Å². The van der Waals surface area contributed by atoms with E-state index in [0.29, 0.717) is 11.5 Å². The Bertz CT molecular complexity index is 281. The zero-order valence-electron chi connectivity index (χ0n) is 8.92. The fraction of sp³-hybridized carbons (Fsp3) is 0.667. The molecule has 0 aliphatic carbocycles. The van der Waals surface area contributed by atoms with E-state index in [1.54, 1.807) is 6.92 Å². The average Bonchev–Trinajstić information content (AvgIpc) is 2.21. The number of hydrogen-bond donors (Lipinski definition) is 3. The number of hydroxylamine groups is 2. The molecule has 0 fully saturated rings. The molecule has 0 radical (unpaired) electrons. The minimum Gasteiger partial charge on any atom is -0.481 e. The lowest BCUT2D eigenvalue weighted by Gasteiger charge is -2.20. The van der Waals surface area contributed by atoms with Crippen molar-refractivity contribution in [2.45, 2.75) is 26.2 Å². The number of nitrogens with zero attached hydrogens (tertiary/aromatic N) is 1. The molecule has 16 heavy (non-hydrogen) atoms. The van der Waals surface area contributed by atoms with Crippen LogP contribution in [0.3, 0.4) is 0 Å². The van der Waals surface area contributed by atoms with Crippen LogP contribution >= 0.6 is 12.2 Å². The molecular weight excluding hydrogens is 234 g/mol. The van der Waals surface area contributed by atoms with Crippen molar-refractivity contribution in [3.63, 3.8) is 0 Å². The molecule has 0 aliphatic heterocycles. The van der Waals surface area contributed by atoms with Gasteiger partial charge in [0.25, 0.3) is 0 Å². The number of carbonyl (C=O) groups is 2. The topological polar surface area (TPSA) is 98.1 Å². The van der Waals surface area contributed by atoms with Crippen molar-refractivity contribution in [3.8, 4) is 0 Å². The second-order valence-electron chi connectivity index (χ2n) is 3.30. The number of aliphatic carboxylic acids is 2. The fourth-order valence-corrected chi connectivity index (χ4v) is 1.16. The molecule has 0 heterocycles. The summed E-state index contributed by atoms with van der Waals surface area (Å²) in [5.41, 5.74) is 0. The first kappa shape index (κ1) is 14.8. The van der Waals surface area contributed by atoms with Gasteiger partial charge < -0.3 is 10.2 Å². The summed E-state index contributed by atoms with van der Waals surface area (Å²) in [4.78, 5) is 21.3. The molecule has 1 atom stereocenters. The molecule has 0 aliphatic rings. The molecule has 0 aromatic heterocycles. The summed E-state index contributed by atoms with van der Waals surface area (Å²) in [5.74, 6) is -3.14. The molecule has 7 heteroatoms. The molecular formula is C9H15NO5S. The SMILES string of the molecule is CCC(=S)N(O)CC(CCC(=O)O)C(=O)O. The van der Waals surface area contributed by atoms with Gasteiger partial charge in [-0.3, -0.25) is 14.8 Å². The highest BCUT2D eigenvalue weighted by atomic mass is 32.1. The van der Waals surface area contributed by atoms with Gasteiger partial charge in [0.2, 0.25) is 0 Å². The molecule has 0 spiro atoms. The predicted octanol–water partition coefficient (Wildman–Crippen LogP) is 0.981. The molecule has 0 saturated heterocycles. The third-order valence-corrected chi connectivity index (χ3v) is 2.54. The third kappa shape index (κ3) is 5.62. The van der Waals surface area contributed by atoms with E-state index in [1.807, 2.05) is 0 Å². The van der Waals surface area contributed by atoms with Gasteiger partial charge >= 0.3 is 11.9 Å². The lowest BCUT2D eigenvalue weighted by Crippen LogP contribution is -2.34. The average molecular weight is 249 g/mol. The van der Waals surface area contributed by atoms with Crippen molar-refractivity contribution in [3.05, 3.63) is 0 Å². The van der Waals surface area contributed by atoms with E-state index in [4.69, 9.17) is 22.4 Å². The number of hydrogen-bond acceptors (Lipinski definition) is 4. The molecule has 0 rings (SSSR count). The Balaban J connectivity index is 4.28. The van der Waals surface area contributed by atoms with Crippen LogP contribution in [0.15, 0.2) is 0 Å². The van der Waals surface area contributed by atoms with E-state index in [1.165, 1.54) is 0 Å². The maximum Gasteiger partial charge on any atom is 0.308 e. The summed E-state index contributed by atoms with van der Waals surface area (Å²) in [6.45, 7) is 1.55. The zero-order valence-corrected chi connectivity index (χ0v) is 9.74. The number of thiocarbonyl (C=S) groups is 1. The van der Waals surface area contributed by atoms with Gasteiger partial charge in [0.1, 0.15) is 4.99 Å². The summed E-state index contributed by atoms with van der Waals surface area (Å²) in [6.07, 6.45) is 0.148. The predicted molar refractivity (Wildman–Crippen MR) is 59.4 cm³/mol. The van der Waals surface area contributed by atoms with E-state index in [9.17, 15) is 14.8 Å². The molecule has 92 valence electrons. The van der Waals surface area contributed by atoms with E-state index in [-0.39, 0.29) is 24.4 Å². The summed E-state index contributed by atoms with van der Waals surface area (Å²) >= 11 is 4.79. The van der Waals surface area contributed by atoms with Crippen LogP contribution in [0.1, 0.15) is 26.2 Å². The minimum atomic E-state index is -1.14. The van der Waals surface area contributed by atoms with Gasteiger partial charge in [-0.1, -0.05) is 19.1 Å². The molecule has 0 bridgehead atoms. The standard InChI is InChI=1S/C9H15NO5S/c1-2-7(16)10(15)5-6(9(13)14)3-4-8(11)12/h6,15H,2-5H2,1H3,(H,11,12)(H,13,14). The first-order valence-electron chi connectivity index (χ1n) is 4.82. The zero-order chi connectivity index (χ0) is 12.7. The monoisotopic (exact) mass is 249 g/mol. The van der Waals surface area contributed by atoms with Crippen LogP contribution in [0.4, 0.5) is 0 Å². The van der Waals surface area contributed by atoms with Crippen LogP contribution in [0.25, 0.3) is 0 Å². The first-order valence-corrected chi connectivity index (χ1v) is 5.23. The van der Waals surface area contributed by atoms with Crippen LogP contribution in [-0.4, -0.2) is 44.0 Å². The smallest absolute Gasteiger partial charge is 0.308 e. The third-order valence-electron chi connectivity index (χ3n) is 2.04. The number of carboxylic acid groups (broad SMARTS) is 2. The Morgan fingerprint density at radius 1 is 1.38 bits per heavy atom. The highest BCUT2D eigenvalue weighted by molar-refractivity contribution is 7.80. The van der Waals surface area contributed by atoms with Crippen molar-refractivity contribution in [1.82, 2.24) is 5.06 Å². The van der Waals surface area contributed by atoms with E-state index < -0.39 is 17.9 Å². The van der Waals surface area contributed by atoms with Gasteiger partial charge in [0.15, 0.2) is 0 Å². The Kier molecular flexibility index (Phi) is 6.59. The highest BCUT2D eigenvalue weighted by Gasteiger charge is 2.22. The summed E-state index contributed by atoms with van der Waals surface area (Å²) < 4.78 is 0. The normalized spacial score (nSPS) is 11.9. The fourth-order valence-electron chi connectivity index (χ4n) is 1.08. The molecule has 1 unspecified atom stereocenters. The molecule has 0 aromatic rings. The van der Waals surface area contributed by atoms with E-state index >= 15 is 0 Å². The summed E-state index contributed by atoms with van der Waals surface area (Å²) in [6, 6.07) is 0. The Hall–Kier alpha value is -1.21. The van der Waals surface area contributed by atoms with Crippen LogP contribution < -0.4 is 0 Å². The lowest BCUT2D eigenvalue weighted by atomic mass is 10.0. The second kappa shape index (κ2) is 7.13. The first-order chi connectivity index (χ1) is 7.38. The van der Waals surface area contributed by atoms with Gasteiger partial charge in [0, 0.05) is 6.42 Å². The van der Waals surface area contributed by atoms with E-state index in [0.717, 1.165) is 0 Å². The second-order valence-corrected chi connectivity index (χ2v) is 3.77. The van der Waals surface area contributed by atoms with Crippen molar-refractivity contribution in [2.75, 3.05) is 6.54 Å². The Morgan fingerprint density at radius 3 is 2.31 bits per heavy atom. The lowest BCUT2D eigenvalue weighted by molar-refractivity contribution is -0.146. The van der Waals surface area contributed by atoms with Gasteiger partial charge in [-0.05, 0) is 12.8 Å². The van der Waals surface area contributed by atoms with Crippen molar-refractivity contribution >= 4 is 29.1 Å². The van der Waals surface area contributed by atoms with Gasteiger partial charge in [-0.2, -0.15) is 0 Å². The van der Waals surface area contributed by atoms with Crippen molar-refractivity contribution in [2.24, 2.45) is 5.92 Å². The number of carboxylic acids is 2. The van der Waals surface area contributed by atoms with Crippen LogP contribution in [0.5, 0.6) is 0 Å². The minimum absolute atomic E-state index is 0.0337. The highest BCUT2D eigenvalue weighted by Crippen LogP contribution is 2.10.